The minimum Gasteiger partial charge on any atom is -0.450 e. The molecular weight excluding hydrogens is 342 g/mol. The van der Waals surface area contributed by atoms with Crippen LogP contribution in [0.4, 0.5) is 0 Å². The summed E-state index contributed by atoms with van der Waals surface area (Å²) in [5.74, 6) is 0.101. The Labute approximate surface area is 156 Å². The largest absolute Gasteiger partial charge is 0.450 e. The van der Waals surface area contributed by atoms with Crippen molar-refractivity contribution in [2.45, 2.75) is 25.8 Å². The van der Waals surface area contributed by atoms with Crippen LogP contribution in [-0.4, -0.2) is 29.1 Å². The topological polar surface area (TPSA) is 70.8 Å². The average Bonchev–Trinajstić information content (AvgIpc) is 2.95. The van der Waals surface area contributed by atoms with Crippen LogP contribution in [0.2, 0.25) is 0 Å². The molecule has 27 heavy (non-hydrogen) atoms. The molecule has 2 aromatic carbocycles. The Balaban J connectivity index is 1.94. The van der Waals surface area contributed by atoms with Gasteiger partial charge in [0, 0.05) is 6.54 Å². The van der Waals surface area contributed by atoms with Gasteiger partial charge in [0.05, 0.1) is 23.6 Å². The summed E-state index contributed by atoms with van der Waals surface area (Å²) in [5, 5.41) is 9.92. The lowest BCUT2D eigenvalue weighted by Gasteiger charge is -2.24. The first-order chi connectivity index (χ1) is 13.0. The first-order valence-corrected chi connectivity index (χ1v) is 9.10. The van der Waals surface area contributed by atoms with Crippen LogP contribution in [0.15, 0.2) is 57.7 Å². The molecule has 0 aliphatic carbocycles. The highest BCUT2D eigenvalue weighted by Gasteiger charge is 2.42. The number of β-amino-alcohol motifs (C(OH)–C–C–N with tert-alkyl or cyclic N) is 1. The van der Waals surface area contributed by atoms with Crippen LogP contribution in [0.1, 0.15) is 53.1 Å². The zero-order valence-electron chi connectivity index (χ0n) is 15.3. The monoisotopic (exact) mass is 363 g/mol. The van der Waals surface area contributed by atoms with E-state index in [2.05, 4.69) is 13.8 Å². The Hall–Kier alpha value is -2.92. The van der Waals surface area contributed by atoms with E-state index < -0.39 is 6.04 Å². The van der Waals surface area contributed by atoms with E-state index in [1.165, 1.54) is 10.5 Å². The standard InChI is InChI=1S/C22H21NO4/c1-13(2)14-7-9-15(10-8-14)19-18-20(25)16-5-3-4-6-17(16)27-21(18)22(26)23(19)11-12-24/h3-10,13,19,24H,11-12H2,1-2H3. The van der Waals surface area contributed by atoms with E-state index in [0.717, 1.165) is 5.56 Å². The van der Waals surface area contributed by atoms with E-state index in [4.69, 9.17) is 4.42 Å². The number of carbonyl (C=O) groups is 1. The van der Waals surface area contributed by atoms with Crippen molar-refractivity contribution in [3.63, 3.8) is 0 Å². The molecule has 1 aliphatic heterocycles. The quantitative estimate of drug-likeness (QED) is 0.771. The summed E-state index contributed by atoms with van der Waals surface area (Å²) in [7, 11) is 0. The molecule has 1 atom stereocenters. The van der Waals surface area contributed by atoms with Crippen molar-refractivity contribution in [1.29, 1.82) is 0 Å². The zero-order valence-corrected chi connectivity index (χ0v) is 15.3. The Bertz CT molecular complexity index is 1070. The number of carbonyl (C=O) groups excluding carboxylic acids is 1. The number of para-hydroxylation sites is 1. The van der Waals surface area contributed by atoms with Gasteiger partial charge in [0.1, 0.15) is 5.58 Å². The maximum absolute atomic E-state index is 13.2. The van der Waals surface area contributed by atoms with Gasteiger partial charge in [0.2, 0.25) is 5.76 Å². The number of aliphatic hydroxyl groups excluding tert-OH is 1. The lowest BCUT2D eigenvalue weighted by atomic mass is 9.95. The Morgan fingerprint density at radius 2 is 1.78 bits per heavy atom. The average molecular weight is 363 g/mol. The number of amides is 1. The minimum atomic E-state index is -0.554. The molecule has 5 nitrogen and oxygen atoms in total. The predicted molar refractivity (Wildman–Crippen MR) is 103 cm³/mol. The van der Waals surface area contributed by atoms with Gasteiger partial charge in [-0.3, -0.25) is 9.59 Å². The van der Waals surface area contributed by atoms with Crippen LogP contribution in [-0.2, 0) is 0 Å². The fourth-order valence-electron chi connectivity index (χ4n) is 3.72. The summed E-state index contributed by atoms with van der Waals surface area (Å²) in [5.41, 5.74) is 2.57. The van der Waals surface area contributed by atoms with E-state index in [-0.39, 0.29) is 30.2 Å². The van der Waals surface area contributed by atoms with Gasteiger partial charge < -0.3 is 14.4 Å². The highest BCUT2D eigenvalue weighted by Crippen LogP contribution is 2.38. The van der Waals surface area contributed by atoms with Crippen molar-refractivity contribution in [1.82, 2.24) is 4.90 Å². The third-order valence-corrected chi connectivity index (χ3v) is 5.13. The minimum absolute atomic E-state index is 0.0742. The van der Waals surface area contributed by atoms with Crippen molar-refractivity contribution < 1.29 is 14.3 Å². The number of nitrogens with zero attached hydrogens (tertiary/aromatic N) is 1. The molecule has 4 rings (SSSR count). The highest BCUT2D eigenvalue weighted by atomic mass is 16.3. The van der Waals surface area contributed by atoms with Gasteiger partial charge in [-0.25, -0.2) is 0 Å². The van der Waals surface area contributed by atoms with Gasteiger partial charge in [-0.2, -0.15) is 0 Å². The van der Waals surface area contributed by atoms with E-state index in [1.54, 1.807) is 24.3 Å². The van der Waals surface area contributed by atoms with Gasteiger partial charge in [0.15, 0.2) is 5.43 Å². The number of rotatable bonds is 4. The maximum atomic E-state index is 13.2. The number of hydrogen-bond acceptors (Lipinski definition) is 4. The summed E-state index contributed by atoms with van der Waals surface area (Å²) < 4.78 is 5.81. The van der Waals surface area contributed by atoms with Crippen molar-refractivity contribution in [2.24, 2.45) is 0 Å². The second kappa shape index (κ2) is 6.67. The fourth-order valence-corrected chi connectivity index (χ4v) is 3.72. The predicted octanol–water partition coefficient (Wildman–Crippen LogP) is 3.45. The van der Waals surface area contributed by atoms with E-state index >= 15 is 0 Å². The molecule has 0 radical (unpaired) electrons. The molecule has 0 bridgehead atoms. The van der Waals surface area contributed by atoms with Crippen LogP contribution in [0.3, 0.4) is 0 Å². The molecule has 0 saturated heterocycles. The summed E-state index contributed by atoms with van der Waals surface area (Å²) in [4.78, 5) is 27.6. The molecule has 0 fully saturated rings. The van der Waals surface area contributed by atoms with Crippen LogP contribution in [0, 0.1) is 0 Å². The van der Waals surface area contributed by atoms with Crippen molar-refractivity contribution in [2.75, 3.05) is 13.2 Å². The molecule has 0 saturated carbocycles. The number of benzene rings is 2. The number of hydrogen-bond donors (Lipinski definition) is 1. The second-order valence-corrected chi connectivity index (χ2v) is 7.12. The summed E-state index contributed by atoms with van der Waals surface area (Å²) in [6.07, 6.45) is 0. The fraction of sp³-hybridized carbons (Fsp3) is 0.273. The SMILES string of the molecule is CC(C)c1ccc(C2c3c(oc4ccccc4c3=O)C(=O)N2CCO)cc1. The molecule has 1 aliphatic rings. The lowest BCUT2D eigenvalue weighted by Crippen LogP contribution is -2.32. The first-order valence-electron chi connectivity index (χ1n) is 9.10. The van der Waals surface area contributed by atoms with Gasteiger partial charge in [-0.05, 0) is 29.2 Å². The molecule has 1 aromatic heterocycles. The Kier molecular flexibility index (Phi) is 4.32. The molecule has 0 spiro atoms. The Morgan fingerprint density at radius 1 is 1.07 bits per heavy atom. The molecule has 3 aromatic rings. The van der Waals surface area contributed by atoms with Crippen molar-refractivity contribution in [3.05, 3.63) is 81.2 Å². The molecule has 1 N–H and O–H groups in total. The van der Waals surface area contributed by atoms with Gasteiger partial charge >= 0.3 is 0 Å². The van der Waals surface area contributed by atoms with Crippen LogP contribution >= 0.6 is 0 Å². The second-order valence-electron chi connectivity index (χ2n) is 7.12. The Morgan fingerprint density at radius 3 is 2.44 bits per heavy atom. The molecular formula is C22H21NO4. The zero-order chi connectivity index (χ0) is 19.1. The van der Waals surface area contributed by atoms with Crippen LogP contribution < -0.4 is 5.43 Å². The van der Waals surface area contributed by atoms with E-state index in [1.807, 2.05) is 24.3 Å². The highest BCUT2D eigenvalue weighted by molar-refractivity contribution is 5.99. The maximum Gasteiger partial charge on any atom is 0.290 e. The first kappa shape index (κ1) is 17.5. The molecule has 138 valence electrons. The van der Waals surface area contributed by atoms with Gasteiger partial charge in [-0.15, -0.1) is 0 Å². The normalized spacial score (nSPS) is 16.4. The molecule has 1 amide bonds. The lowest BCUT2D eigenvalue weighted by molar-refractivity contribution is 0.0691. The molecule has 5 heteroatoms. The molecule has 1 unspecified atom stereocenters. The summed E-state index contributed by atoms with van der Waals surface area (Å²) >= 11 is 0. The molecule has 2 heterocycles. The van der Waals surface area contributed by atoms with E-state index in [0.29, 0.717) is 22.5 Å². The third kappa shape index (κ3) is 2.75. The number of aliphatic hydroxyl groups is 1. The van der Waals surface area contributed by atoms with Crippen LogP contribution in [0.25, 0.3) is 11.0 Å². The van der Waals surface area contributed by atoms with E-state index in [9.17, 15) is 14.7 Å². The van der Waals surface area contributed by atoms with Crippen molar-refractivity contribution >= 4 is 16.9 Å². The number of fused-ring (bicyclic) bond motifs is 2. The summed E-state index contributed by atoms with van der Waals surface area (Å²) in [6.45, 7) is 4.17. The smallest absolute Gasteiger partial charge is 0.290 e. The summed E-state index contributed by atoms with van der Waals surface area (Å²) in [6, 6.07) is 14.3. The van der Waals surface area contributed by atoms with Gasteiger partial charge in [-0.1, -0.05) is 50.2 Å². The van der Waals surface area contributed by atoms with Crippen molar-refractivity contribution in [3.8, 4) is 0 Å². The third-order valence-electron chi connectivity index (χ3n) is 5.13. The van der Waals surface area contributed by atoms with Gasteiger partial charge in [0.25, 0.3) is 5.91 Å². The van der Waals surface area contributed by atoms with Crippen LogP contribution in [0.5, 0.6) is 0 Å².